The number of rotatable bonds is 5. The molecule has 2 bridgehead atoms. The van der Waals surface area contributed by atoms with Crippen LogP contribution in [0.2, 0.25) is 5.02 Å². The van der Waals surface area contributed by atoms with E-state index < -0.39 is 0 Å². The van der Waals surface area contributed by atoms with Gasteiger partial charge in [0.15, 0.2) is 0 Å². The van der Waals surface area contributed by atoms with E-state index in [9.17, 15) is 9.59 Å². The van der Waals surface area contributed by atoms with Gasteiger partial charge in [-0.25, -0.2) is 0 Å². The van der Waals surface area contributed by atoms with Crippen LogP contribution in [-0.2, 0) is 16.2 Å². The molecule has 2 amide bonds. The van der Waals surface area contributed by atoms with Crippen LogP contribution in [0.1, 0.15) is 24.0 Å². The molecule has 2 aromatic rings. The third-order valence-electron chi connectivity index (χ3n) is 7.50. The molecule has 168 valence electrons. The highest BCUT2D eigenvalue weighted by Crippen LogP contribution is 2.73. The van der Waals surface area contributed by atoms with E-state index in [1.165, 1.54) is 0 Å². The van der Waals surface area contributed by atoms with Gasteiger partial charge < -0.3 is 4.74 Å². The monoisotopic (exact) mass is 684 g/mol. The third-order valence-corrected chi connectivity index (χ3v) is 9.47. The molecule has 3 aliphatic carbocycles. The van der Waals surface area contributed by atoms with Gasteiger partial charge in [-0.15, -0.1) is 0 Å². The zero-order chi connectivity index (χ0) is 22.9. The lowest BCUT2D eigenvalue weighted by atomic mass is 9.85. The molecule has 1 spiro atoms. The van der Waals surface area contributed by atoms with Crippen molar-refractivity contribution in [3.63, 3.8) is 0 Å². The van der Waals surface area contributed by atoms with Crippen LogP contribution in [0.5, 0.6) is 5.75 Å². The lowest BCUT2D eigenvalue weighted by Crippen LogP contribution is -2.30. The summed E-state index contributed by atoms with van der Waals surface area (Å²) in [7, 11) is 0. The summed E-state index contributed by atoms with van der Waals surface area (Å²) in [6, 6.07) is 11.5. The lowest BCUT2D eigenvalue weighted by Gasteiger charge is -2.18. The number of benzene rings is 2. The Bertz CT molecular complexity index is 1200. The Morgan fingerprint density at radius 3 is 2.24 bits per heavy atom. The summed E-state index contributed by atoms with van der Waals surface area (Å²) in [5.41, 5.74) is 1.93. The summed E-state index contributed by atoms with van der Waals surface area (Å²) in [5, 5.41) is 6.12. The van der Waals surface area contributed by atoms with Crippen LogP contribution in [0.3, 0.4) is 0 Å². The summed E-state index contributed by atoms with van der Waals surface area (Å²) in [5.74, 6) is 0.442. The number of carbonyl (C=O) groups excluding carboxylic acids is 2. The van der Waals surface area contributed by atoms with Gasteiger partial charge in [0, 0.05) is 10.6 Å². The van der Waals surface area contributed by atoms with Gasteiger partial charge in [0.2, 0.25) is 0 Å². The molecule has 8 heteroatoms. The normalized spacial score (nSPS) is 28.4. The Hall–Kier alpha value is -1.46. The van der Waals surface area contributed by atoms with Crippen LogP contribution in [-0.4, -0.2) is 23.0 Å². The van der Waals surface area contributed by atoms with Crippen molar-refractivity contribution in [1.29, 1.82) is 0 Å². The summed E-state index contributed by atoms with van der Waals surface area (Å²) in [6.45, 7) is 0.372. The molecule has 4 atom stereocenters. The summed E-state index contributed by atoms with van der Waals surface area (Å²) in [6.07, 6.45) is 8.20. The van der Waals surface area contributed by atoms with Gasteiger partial charge in [-0.3, -0.25) is 9.59 Å². The van der Waals surface area contributed by atoms with Crippen LogP contribution in [0, 0.1) is 36.2 Å². The first-order chi connectivity index (χ1) is 15.9. The molecule has 0 unspecified atom stereocenters. The van der Waals surface area contributed by atoms with Gasteiger partial charge in [-0.05, 0) is 99.0 Å². The predicted octanol–water partition coefficient (Wildman–Crippen LogP) is 5.66. The number of nitrogens with zero attached hydrogens (tertiary/aromatic N) is 2. The number of hydrogen-bond donors (Lipinski definition) is 0. The average molecular weight is 685 g/mol. The van der Waals surface area contributed by atoms with Crippen LogP contribution in [0.4, 0.5) is 0 Å². The van der Waals surface area contributed by atoms with Crippen molar-refractivity contribution in [2.75, 3.05) is 0 Å². The lowest BCUT2D eigenvalue weighted by molar-refractivity contribution is -0.141. The molecule has 33 heavy (non-hydrogen) atoms. The van der Waals surface area contributed by atoms with Gasteiger partial charge in [0.25, 0.3) is 11.8 Å². The van der Waals surface area contributed by atoms with Crippen LogP contribution >= 0.6 is 56.8 Å². The van der Waals surface area contributed by atoms with E-state index in [4.69, 9.17) is 16.3 Å². The molecule has 6 rings (SSSR count). The minimum absolute atomic E-state index is 0.145. The number of allylic oxidation sites excluding steroid dienone is 2. The van der Waals surface area contributed by atoms with Gasteiger partial charge in [0.05, 0.1) is 25.2 Å². The van der Waals surface area contributed by atoms with Crippen molar-refractivity contribution in [2.24, 2.45) is 34.2 Å². The maximum atomic E-state index is 13.1. The van der Waals surface area contributed by atoms with Gasteiger partial charge in [-0.1, -0.05) is 42.0 Å². The molecular weight excluding hydrogens is 666 g/mol. The second-order valence-electron chi connectivity index (χ2n) is 9.15. The molecular formula is C25H19ClI2N2O3. The highest BCUT2D eigenvalue weighted by molar-refractivity contribution is 14.1. The zero-order valence-electron chi connectivity index (χ0n) is 17.4. The molecule has 1 aliphatic heterocycles. The van der Waals surface area contributed by atoms with Gasteiger partial charge >= 0.3 is 0 Å². The highest BCUT2D eigenvalue weighted by Gasteiger charge is 2.73. The summed E-state index contributed by atoms with van der Waals surface area (Å²) < 4.78 is 7.87. The maximum absolute atomic E-state index is 13.1. The van der Waals surface area contributed by atoms with E-state index in [-0.39, 0.29) is 40.9 Å². The SMILES string of the molecule is O=C1[C@@H]2[C@H](C(=O)N1/N=C\c1cc(I)c(OCc3ccccc3Cl)c(I)c1)[C@H]1C=C[C@H]2C12CC2. The molecule has 0 N–H and O–H groups in total. The highest BCUT2D eigenvalue weighted by atomic mass is 127. The standard InChI is InChI=1S/C25H19ClI2N2O3/c26-17-4-2-1-3-14(17)12-33-22-18(27)9-13(10-19(22)28)11-29-30-23(31)20-15-5-6-16(21(20)24(30)32)25(15)7-8-25/h1-6,9-11,15-16,20-21H,7-8,12H2/b29-11-/t15-,16-,20-,21+/m1/s1. The molecule has 0 radical (unpaired) electrons. The predicted molar refractivity (Wildman–Crippen MR) is 142 cm³/mol. The molecule has 5 nitrogen and oxygen atoms in total. The van der Waals surface area contributed by atoms with Crippen LogP contribution in [0.25, 0.3) is 0 Å². The Morgan fingerprint density at radius 2 is 1.67 bits per heavy atom. The van der Waals surface area contributed by atoms with Crippen molar-refractivity contribution in [3.05, 3.63) is 71.8 Å². The first-order valence-electron chi connectivity index (χ1n) is 10.9. The molecule has 0 aromatic heterocycles. The number of amides is 2. The van der Waals surface area contributed by atoms with Crippen molar-refractivity contribution >= 4 is 74.8 Å². The number of hydrogen-bond acceptors (Lipinski definition) is 4. The number of halogens is 3. The zero-order valence-corrected chi connectivity index (χ0v) is 22.5. The van der Waals surface area contributed by atoms with E-state index in [2.05, 4.69) is 62.4 Å². The minimum Gasteiger partial charge on any atom is -0.487 e. The number of hydrazone groups is 1. The van der Waals surface area contributed by atoms with E-state index in [0.29, 0.717) is 11.6 Å². The second kappa shape index (κ2) is 8.05. The molecule has 2 saturated carbocycles. The van der Waals surface area contributed by atoms with Crippen molar-refractivity contribution in [3.8, 4) is 5.75 Å². The fourth-order valence-corrected chi connectivity index (χ4v) is 8.18. The molecule has 3 fully saturated rings. The maximum Gasteiger partial charge on any atom is 0.254 e. The minimum atomic E-state index is -0.229. The number of imide groups is 1. The first-order valence-corrected chi connectivity index (χ1v) is 13.4. The number of fused-ring (bicyclic) bond motifs is 3. The van der Waals surface area contributed by atoms with Crippen molar-refractivity contribution in [2.45, 2.75) is 19.4 Å². The van der Waals surface area contributed by atoms with Crippen LogP contribution in [0.15, 0.2) is 53.7 Å². The van der Waals surface area contributed by atoms with E-state index in [1.54, 1.807) is 6.21 Å². The second-order valence-corrected chi connectivity index (χ2v) is 11.9. The summed E-state index contributed by atoms with van der Waals surface area (Å²) in [4.78, 5) is 26.2. The number of carbonyl (C=O) groups is 2. The molecule has 1 saturated heterocycles. The Balaban J connectivity index is 1.19. The van der Waals surface area contributed by atoms with E-state index in [0.717, 1.165) is 41.9 Å². The Labute approximate surface area is 223 Å². The topological polar surface area (TPSA) is 59.0 Å². The Kier molecular flexibility index (Phi) is 5.37. The molecule has 2 aromatic carbocycles. The molecule has 1 heterocycles. The first kappa shape index (κ1) is 22.0. The Morgan fingerprint density at radius 1 is 1.06 bits per heavy atom. The van der Waals surface area contributed by atoms with Crippen molar-refractivity contribution < 1.29 is 14.3 Å². The average Bonchev–Trinajstić information content (AvgIpc) is 3.38. The fraction of sp³-hybridized carbons (Fsp3) is 0.320. The summed E-state index contributed by atoms with van der Waals surface area (Å²) >= 11 is 10.7. The van der Waals surface area contributed by atoms with Gasteiger partial charge in [-0.2, -0.15) is 10.1 Å². The molecule has 4 aliphatic rings. The van der Waals surface area contributed by atoms with Gasteiger partial charge in [0.1, 0.15) is 12.4 Å². The van der Waals surface area contributed by atoms with Crippen LogP contribution < -0.4 is 4.74 Å². The smallest absolute Gasteiger partial charge is 0.254 e. The quantitative estimate of drug-likeness (QED) is 0.177. The van der Waals surface area contributed by atoms with Crippen molar-refractivity contribution in [1.82, 2.24) is 5.01 Å². The largest absolute Gasteiger partial charge is 0.487 e. The third kappa shape index (κ3) is 3.40. The van der Waals surface area contributed by atoms with E-state index in [1.807, 2.05) is 36.4 Å². The van der Waals surface area contributed by atoms with E-state index >= 15 is 0 Å². The fourth-order valence-electron chi connectivity index (χ4n) is 5.86. The number of ether oxygens (including phenoxy) is 1.